The van der Waals surface area contributed by atoms with Crippen LogP contribution in [-0.4, -0.2) is 17.5 Å². The molecule has 0 fully saturated rings. The highest BCUT2D eigenvalue weighted by Gasteiger charge is 2.14. The average molecular weight is 215 g/mol. The molecule has 3 heteroatoms. The lowest BCUT2D eigenvalue weighted by molar-refractivity contribution is 0.111. The predicted molar refractivity (Wildman–Crippen MR) is 62.1 cm³/mol. The van der Waals surface area contributed by atoms with Gasteiger partial charge < -0.3 is 9.30 Å². The van der Waals surface area contributed by atoms with E-state index < -0.39 is 0 Å². The molecule has 1 aliphatic rings. The molecule has 0 amide bonds. The summed E-state index contributed by atoms with van der Waals surface area (Å²) >= 11 is 0. The summed E-state index contributed by atoms with van der Waals surface area (Å²) in [4.78, 5) is 10.9. The number of hydrogen-bond donors (Lipinski definition) is 0. The highest BCUT2D eigenvalue weighted by Crippen LogP contribution is 2.31. The van der Waals surface area contributed by atoms with Gasteiger partial charge in [0.15, 0.2) is 6.29 Å². The van der Waals surface area contributed by atoms with Gasteiger partial charge in [0.05, 0.1) is 17.8 Å². The fourth-order valence-corrected chi connectivity index (χ4v) is 2.32. The molecule has 0 saturated heterocycles. The number of aromatic nitrogens is 1. The zero-order valence-electron chi connectivity index (χ0n) is 9.19. The van der Waals surface area contributed by atoms with Crippen LogP contribution in [0.4, 0.5) is 0 Å². The fraction of sp³-hybridized carbons (Fsp3) is 0.308. The second-order valence-corrected chi connectivity index (χ2v) is 4.22. The van der Waals surface area contributed by atoms with Gasteiger partial charge in [0.1, 0.15) is 5.75 Å². The van der Waals surface area contributed by atoms with E-state index in [1.54, 1.807) is 0 Å². The van der Waals surface area contributed by atoms with Crippen molar-refractivity contribution in [1.29, 1.82) is 0 Å². The van der Waals surface area contributed by atoms with E-state index in [2.05, 4.69) is 6.07 Å². The van der Waals surface area contributed by atoms with Gasteiger partial charge in [-0.05, 0) is 30.5 Å². The molecular weight excluding hydrogens is 202 g/mol. The van der Waals surface area contributed by atoms with E-state index >= 15 is 0 Å². The third kappa shape index (κ3) is 1.24. The quantitative estimate of drug-likeness (QED) is 0.683. The summed E-state index contributed by atoms with van der Waals surface area (Å²) in [6, 6.07) is 6.10. The van der Waals surface area contributed by atoms with Crippen LogP contribution < -0.4 is 4.74 Å². The molecule has 1 aliphatic heterocycles. The summed E-state index contributed by atoms with van der Waals surface area (Å²) in [7, 11) is 1.90. The maximum Gasteiger partial charge on any atom is 0.166 e. The summed E-state index contributed by atoms with van der Waals surface area (Å²) in [6.07, 6.45) is 3.03. The van der Waals surface area contributed by atoms with E-state index in [4.69, 9.17) is 4.74 Å². The highest BCUT2D eigenvalue weighted by molar-refractivity contribution is 5.90. The van der Waals surface area contributed by atoms with Crippen LogP contribution in [0.5, 0.6) is 5.75 Å². The Morgan fingerprint density at radius 1 is 1.38 bits per heavy atom. The van der Waals surface area contributed by atoms with Gasteiger partial charge in [-0.15, -0.1) is 0 Å². The van der Waals surface area contributed by atoms with Crippen LogP contribution in [0.15, 0.2) is 18.2 Å². The summed E-state index contributed by atoms with van der Waals surface area (Å²) < 4.78 is 7.53. The molecular formula is C13H13NO2. The number of aryl methyl sites for hydroxylation is 2. The number of carbonyl (C=O) groups is 1. The Morgan fingerprint density at radius 2 is 2.25 bits per heavy atom. The molecule has 1 aromatic carbocycles. The Balaban J connectivity index is 2.29. The van der Waals surface area contributed by atoms with Gasteiger partial charge in [0.25, 0.3) is 0 Å². The van der Waals surface area contributed by atoms with Crippen molar-refractivity contribution in [3.63, 3.8) is 0 Å². The average Bonchev–Trinajstić information content (AvgIpc) is 2.63. The van der Waals surface area contributed by atoms with Crippen LogP contribution in [0.3, 0.4) is 0 Å². The first-order valence-electron chi connectivity index (χ1n) is 5.50. The fourth-order valence-electron chi connectivity index (χ4n) is 2.32. The molecule has 0 atom stereocenters. The molecule has 2 heterocycles. The number of aldehydes is 1. The number of carbonyl (C=O) groups excluding carboxylic acids is 1. The molecule has 3 rings (SSSR count). The van der Waals surface area contributed by atoms with Gasteiger partial charge in [-0.25, -0.2) is 0 Å². The normalized spacial score (nSPS) is 14.6. The van der Waals surface area contributed by atoms with Crippen LogP contribution in [0.2, 0.25) is 0 Å². The van der Waals surface area contributed by atoms with Gasteiger partial charge in [0.2, 0.25) is 0 Å². The maximum atomic E-state index is 10.9. The van der Waals surface area contributed by atoms with Gasteiger partial charge in [-0.1, -0.05) is 0 Å². The summed E-state index contributed by atoms with van der Waals surface area (Å²) in [5, 5.41) is 1.12. The van der Waals surface area contributed by atoms with Gasteiger partial charge >= 0.3 is 0 Å². The Kier molecular flexibility index (Phi) is 1.99. The van der Waals surface area contributed by atoms with Gasteiger partial charge in [0, 0.05) is 18.5 Å². The summed E-state index contributed by atoms with van der Waals surface area (Å²) in [5.74, 6) is 0.970. The Labute approximate surface area is 93.6 Å². The predicted octanol–water partition coefficient (Wildman–Crippen LogP) is 2.32. The number of benzene rings is 1. The maximum absolute atomic E-state index is 10.9. The Bertz CT molecular complexity index is 569. The van der Waals surface area contributed by atoms with Crippen LogP contribution in [0.1, 0.15) is 22.5 Å². The van der Waals surface area contributed by atoms with Crippen LogP contribution in [0.25, 0.3) is 10.9 Å². The minimum atomic E-state index is 0.706. The molecule has 0 unspecified atom stereocenters. The van der Waals surface area contributed by atoms with E-state index in [-0.39, 0.29) is 0 Å². The monoisotopic (exact) mass is 215 g/mol. The molecule has 1 aromatic heterocycles. The highest BCUT2D eigenvalue weighted by atomic mass is 16.5. The lowest BCUT2D eigenvalue weighted by Gasteiger charge is -2.17. The van der Waals surface area contributed by atoms with Crippen molar-refractivity contribution in [1.82, 2.24) is 4.57 Å². The van der Waals surface area contributed by atoms with E-state index in [1.165, 1.54) is 5.56 Å². The van der Waals surface area contributed by atoms with Crippen molar-refractivity contribution >= 4 is 17.2 Å². The van der Waals surface area contributed by atoms with Crippen LogP contribution >= 0.6 is 0 Å². The minimum absolute atomic E-state index is 0.706. The molecule has 0 aliphatic carbocycles. The standard InChI is InChI=1S/C13H13NO2/c1-14-11(8-15)6-10-5-9-3-2-4-16-13(9)7-12(10)14/h5-8H,2-4H2,1H3. The molecule has 3 nitrogen and oxygen atoms in total. The number of nitrogens with zero attached hydrogens (tertiary/aromatic N) is 1. The first kappa shape index (κ1) is 9.46. The van der Waals surface area contributed by atoms with Crippen molar-refractivity contribution in [2.24, 2.45) is 7.05 Å². The van der Waals surface area contributed by atoms with Crippen molar-refractivity contribution in [3.05, 3.63) is 29.5 Å². The molecule has 16 heavy (non-hydrogen) atoms. The van der Waals surface area contributed by atoms with Crippen molar-refractivity contribution in [2.45, 2.75) is 12.8 Å². The van der Waals surface area contributed by atoms with Crippen molar-refractivity contribution in [3.8, 4) is 5.75 Å². The number of fused-ring (bicyclic) bond motifs is 2. The lowest BCUT2D eigenvalue weighted by atomic mass is 10.0. The Morgan fingerprint density at radius 3 is 3.06 bits per heavy atom. The SMILES string of the molecule is Cn1c(C=O)cc2cc3c(cc21)OCCC3. The summed E-state index contributed by atoms with van der Waals surface area (Å²) in [6.45, 7) is 0.795. The second-order valence-electron chi connectivity index (χ2n) is 4.22. The van der Waals surface area contributed by atoms with Gasteiger partial charge in [-0.3, -0.25) is 4.79 Å². The van der Waals surface area contributed by atoms with E-state index in [9.17, 15) is 4.79 Å². The first-order chi connectivity index (χ1) is 7.79. The van der Waals surface area contributed by atoms with Crippen molar-refractivity contribution < 1.29 is 9.53 Å². The molecule has 0 saturated carbocycles. The minimum Gasteiger partial charge on any atom is -0.493 e. The van der Waals surface area contributed by atoms with E-state index in [1.807, 2.05) is 23.7 Å². The molecule has 0 radical (unpaired) electrons. The van der Waals surface area contributed by atoms with Crippen LogP contribution in [0, 0.1) is 0 Å². The third-order valence-corrected chi connectivity index (χ3v) is 3.23. The number of ether oxygens (including phenoxy) is 1. The zero-order chi connectivity index (χ0) is 11.1. The lowest BCUT2D eigenvalue weighted by Crippen LogP contribution is -2.08. The summed E-state index contributed by atoms with van der Waals surface area (Å²) in [5.41, 5.74) is 3.02. The first-order valence-corrected chi connectivity index (χ1v) is 5.50. The van der Waals surface area contributed by atoms with E-state index in [0.717, 1.165) is 42.4 Å². The molecule has 0 N–H and O–H groups in total. The van der Waals surface area contributed by atoms with Gasteiger partial charge in [-0.2, -0.15) is 0 Å². The van der Waals surface area contributed by atoms with E-state index in [0.29, 0.717) is 5.69 Å². The largest absolute Gasteiger partial charge is 0.493 e. The molecule has 2 aromatic rings. The third-order valence-electron chi connectivity index (χ3n) is 3.23. The Hall–Kier alpha value is -1.77. The smallest absolute Gasteiger partial charge is 0.166 e. The molecule has 0 spiro atoms. The second kappa shape index (κ2) is 3.37. The molecule has 82 valence electrons. The van der Waals surface area contributed by atoms with Crippen molar-refractivity contribution in [2.75, 3.05) is 6.61 Å². The zero-order valence-corrected chi connectivity index (χ0v) is 9.19. The number of rotatable bonds is 1. The number of hydrogen-bond acceptors (Lipinski definition) is 2. The molecule has 0 bridgehead atoms. The topological polar surface area (TPSA) is 31.2 Å². The van der Waals surface area contributed by atoms with Crippen LogP contribution in [-0.2, 0) is 13.5 Å².